The summed E-state index contributed by atoms with van der Waals surface area (Å²) in [6.45, 7) is 0.571. The first kappa shape index (κ1) is 11.6. The smallest absolute Gasteiger partial charge is 0.129 e. The predicted molar refractivity (Wildman–Crippen MR) is 60.5 cm³/mol. The third-order valence-electron chi connectivity index (χ3n) is 2.01. The van der Waals surface area contributed by atoms with E-state index in [1.807, 2.05) is 30.4 Å². The lowest BCUT2D eigenvalue weighted by Crippen LogP contribution is -1.92. The number of rotatable bonds is 5. The lowest BCUT2D eigenvalue weighted by Gasteiger charge is -2.09. The van der Waals surface area contributed by atoms with Crippen LogP contribution in [0.3, 0.4) is 0 Å². The van der Waals surface area contributed by atoms with E-state index in [-0.39, 0.29) is 0 Å². The van der Waals surface area contributed by atoms with Crippen LogP contribution in [-0.4, -0.2) is 27.9 Å². The topological polar surface area (TPSA) is 27.7 Å². The fourth-order valence-corrected chi connectivity index (χ4v) is 1.31. The average Bonchev–Trinajstić information content (AvgIpc) is 2.29. The Labute approximate surface area is 90.3 Å². The van der Waals surface area contributed by atoms with Gasteiger partial charge in [-0.05, 0) is 18.2 Å². The lowest BCUT2D eigenvalue weighted by atomic mass is 10.1. The van der Waals surface area contributed by atoms with Crippen molar-refractivity contribution in [2.45, 2.75) is 0 Å². The molecule has 15 heavy (non-hydrogen) atoms. The minimum absolute atomic E-state index is 0.571. The fourth-order valence-electron chi connectivity index (χ4n) is 1.31. The normalized spacial score (nSPS) is 10.6. The van der Waals surface area contributed by atoms with Crippen LogP contribution < -0.4 is 9.47 Å². The second-order valence-electron chi connectivity index (χ2n) is 2.93. The third-order valence-corrected chi connectivity index (χ3v) is 2.01. The molecule has 0 fully saturated rings. The number of hydrogen-bond donors (Lipinski definition) is 0. The zero-order valence-electron chi connectivity index (χ0n) is 9.32. The van der Waals surface area contributed by atoms with Crippen LogP contribution in [0.15, 0.2) is 24.3 Å². The zero-order valence-corrected chi connectivity index (χ0v) is 9.32. The molecule has 0 saturated heterocycles. The van der Waals surface area contributed by atoms with Gasteiger partial charge >= 0.3 is 0 Å². The standard InChI is InChI=1S/C12H16O3/c1-13-9-5-6-10-11(14-2)7-4-8-12(10)15-3/h4-8H,9H2,1-3H3. The van der Waals surface area contributed by atoms with Gasteiger partial charge < -0.3 is 14.2 Å². The maximum Gasteiger partial charge on any atom is 0.129 e. The quantitative estimate of drug-likeness (QED) is 0.743. The molecule has 0 heterocycles. The van der Waals surface area contributed by atoms with Gasteiger partial charge in [0.25, 0.3) is 0 Å². The van der Waals surface area contributed by atoms with E-state index in [0.29, 0.717) is 6.61 Å². The Morgan fingerprint density at radius 3 is 2.13 bits per heavy atom. The molecule has 1 aromatic carbocycles. The van der Waals surface area contributed by atoms with E-state index in [1.165, 1.54) is 0 Å². The molecular formula is C12H16O3. The highest BCUT2D eigenvalue weighted by Crippen LogP contribution is 2.29. The minimum Gasteiger partial charge on any atom is -0.496 e. The summed E-state index contributed by atoms with van der Waals surface area (Å²) in [5.74, 6) is 1.59. The van der Waals surface area contributed by atoms with Gasteiger partial charge in [0.1, 0.15) is 11.5 Å². The Morgan fingerprint density at radius 1 is 1.07 bits per heavy atom. The molecule has 0 radical (unpaired) electrons. The van der Waals surface area contributed by atoms with Crippen molar-refractivity contribution < 1.29 is 14.2 Å². The third kappa shape index (κ3) is 2.99. The Bertz CT molecular complexity index is 309. The summed E-state index contributed by atoms with van der Waals surface area (Å²) < 4.78 is 15.4. The second-order valence-corrected chi connectivity index (χ2v) is 2.93. The van der Waals surface area contributed by atoms with Crippen molar-refractivity contribution in [3.8, 4) is 11.5 Å². The van der Waals surface area contributed by atoms with E-state index in [2.05, 4.69) is 0 Å². The number of benzene rings is 1. The molecule has 0 aromatic heterocycles. The summed E-state index contributed by atoms with van der Waals surface area (Å²) >= 11 is 0. The fraction of sp³-hybridized carbons (Fsp3) is 0.333. The Kier molecular flexibility index (Phi) is 4.71. The molecule has 0 bridgehead atoms. The average molecular weight is 208 g/mol. The van der Waals surface area contributed by atoms with Crippen LogP contribution in [0.4, 0.5) is 0 Å². The van der Waals surface area contributed by atoms with Crippen molar-refractivity contribution in [2.24, 2.45) is 0 Å². The molecule has 1 aromatic rings. The molecular weight excluding hydrogens is 192 g/mol. The Balaban J connectivity index is 2.99. The van der Waals surface area contributed by atoms with Gasteiger partial charge in [0.2, 0.25) is 0 Å². The number of hydrogen-bond acceptors (Lipinski definition) is 3. The van der Waals surface area contributed by atoms with E-state index in [9.17, 15) is 0 Å². The molecule has 0 amide bonds. The van der Waals surface area contributed by atoms with Gasteiger partial charge in [0, 0.05) is 7.11 Å². The highest BCUT2D eigenvalue weighted by atomic mass is 16.5. The molecule has 0 spiro atoms. The van der Waals surface area contributed by atoms with E-state index in [0.717, 1.165) is 17.1 Å². The lowest BCUT2D eigenvalue weighted by molar-refractivity contribution is 0.234. The van der Waals surface area contributed by atoms with Gasteiger partial charge in [-0.25, -0.2) is 0 Å². The van der Waals surface area contributed by atoms with Crippen LogP contribution in [0.5, 0.6) is 11.5 Å². The van der Waals surface area contributed by atoms with Crippen LogP contribution in [0.2, 0.25) is 0 Å². The molecule has 0 aliphatic carbocycles. The van der Waals surface area contributed by atoms with Gasteiger partial charge in [0.05, 0.1) is 26.4 Å². The summed E-state index contributed by atoms with van der Waals surface area (Å²) in [6, 6.07) is 5.69. The van der Waals surface area contributed by atoms with Crippen molar-refractivity contribution in [1.29, 1.82) is 0 Å². The monoisotopic (exact) mass is 208 g/mol. The highest BCUT2D eigenvalue weighted by Gasteiger charge is 2.05. The van der Waals surface area contributed by atoms with E-state index < -0.39 is 0 Å². The Morgan fingerprint density at radius 2 is 1.67 bits per heavy atom. The van der Waals surface area contributed by atoms with Crippen LogP contribution in [0.25, 0.3) is 6.08 Å². The first-order valence-corrected chi connectivity index (χ1v) is 4.70. The van der Waals surface area contributed by atoms with Gasteiger partial charge in [-0.2, -0.15) is 0 Å². The first-order valence-electron chi connectivity index (χ1n) is 4.70. The van der Waals surface area contributed by atoms with Gasteiger partial charge in [0.15, 0.2) is 0 Å². The Hall–Kier alpha value is -1.48. The predicted octanol–water partition coefficient (Wildman–Crippen LogP) is 2.36. The molecule has 0 saturated carbocycles. The zero-order chi connectivity index (χ0) is 11.1. The molecule has 0 N–H and O–H groups in total. The summed E-state index contributed by atoms with van der Waals surface area (Å²) in [6.07, 6.45) is 3.85. The van der Waals surface area contributed by atoms with E-state index in [1.54, 1.807) is 21.3 Å². The molecule has 82 valence electrons. The van der Waals surface area contributed by atoms with Crippen molar-refractivity contribution in [1.82, 2.24) is 0 Å². The summed E-state index contributed by atoms with van der Waals surface area (Å²) in [5, 5.41) is 0. The molecule has 0 unspecified atom stereocenters. The van der Waals surface area contributed by atoms with Gasteiger partial charge in [-0.15, -0.1) is 0 Å². The van der Waals surface area contributed by atoms with Gasteiger partial charge in [-0.1, -0.05) is 12.1 Å². The second kappa shape index (κ2) is 6.09. The first-order chi connectivity index (χ1) is 7.33. The van der Waals surface area contributed by atoms with Crippen molar-refractivity contribution in [3.63, 3.8) is 0 Å². The number of methoxy groups -OCH3 is 3. The molecule has 0 atom stereocenters. The van der Waals surface area contributed by atoms with Crippen molar-refractivity contribution >= 4 is 6.08 Å². The summed E-state index contributed by atoms with van der Waals surface area (Å²) in [7, 11) is 4.94. The molecule has 0 aliphatic heterocycles. The van der Waals surface area contributed by atoms with Crippen LogP contribution >= 0.6 is 0 Å². The van der Waals surface area contributed by atoms with E-state index >= 15 is 0 Å². The molecule has 0 aliphatic rings. The molecule has 3 nitrogen and oxygen atoms in total. The largest absolute Gasteiger partial charge is 0.496 e. The SMILES string of the molecule is COCC=Cc1c(OC)cccc1OC. The van der Waals surface area contributed by atoms with Crippen LogP contribution in [0.1, 0.15) is 5.56 Å². The highest BCUT2D eigenvalue weighted by molar-refractivity contribution is 5.64. The molecule has 3 heteroatoms. The van der Waals surface area contributed by atoms with E-state index in [4.69, 9.17) is 14.2 Å². The summed E-state index contributed by atoms with van der Waals surface area (Å²) in [5.41, 5.74) is 0.930. The van der Waals surface area contributed by atoms with Crippen LogP contribution in [-0.2, 0) is 4.74 Å². The van der Waals surface area contributed by atoms with Crippen LogP contribution in [0, 0.1) is 0 Å². The van der Waals surface area contributed by atoms with Gasteiger partial charge in [-0.3, -0.25) is 0 Å². The maximum atomic E-state index is 5.25. The summed E-state index contributed by atoms with van der Waals surface area (Å²) in [4.78, 5) is 0. The maximum absolute atomic E-state index is 5.25. The minimum atomic E-state index is 0.571. The van der Waals surface area contributed by atoms with Crippen molar-refractivity contribution in [3.05, 3.63) is 29.8 Å². The number of ether oxygens (including phenoxy) is 3. The molecule has 1 rings (SSSR count). The van der Waals surface area contributed by atoms with Crippen molar-refractivity contribution in [2.75, 3.05) is 27.9 Å².